The molecule has 58 heavy (non-hydrogen) atoms. The first kappa shape index (κ1) is 45.8. The number of benzene rings is 4. The number of hydrogen-bond acceptors (Lipinski definition) is 10. The maximum absolute atomic E-state index is 13.5. The van der Waals surface area contributed by atoms with Crippen LogP contribution in [0.2, 0.25) is 0 Å². The Kier molecular flexibility index (Phi) is 16.2. The van der Waals surface area contributed by atoms with E-state index < -0.39 is 29.4 Å². The molecule has 0 aliphatic rings. The summed E-state index contributed by atoms with van der Waals surface area (Å²) in [7, 11) is 0. The topological polar surface area (TPSA) is 179 Å². The summed E-state index contributed by atoms with van der Waals surface area (Å²) in [5, 5.41) is 8.12. The van der Waals surface area contributed by atoms with Crippen molar-refractivity contribution < 1.29 is 43.0 Å². The third-order valence-corrected chi connectivity index (χ3v) is 7.97. The summed E-state index contributed by atoms with van der Waals surface area (Å²) < 4.78 is 16.4. The van der Waals surface area contributed by atoms with Crippen molar-refractivity contribution in [1.29, 1.82) is 0 Å². The van der Waals surface area contributed by atoms with E-state index in [9.17, 15) is 19.2 Å². The molecular formula is C45H52N4O9. The average molecular weight is 793 g/mol. The number of carbonyl (C=O) groups excluding carboxylic acids is 6. The van der Waals surface area contributed by atoms with Gasteiger partial charge in [-0.15, -0.1) is 0 Å². The highest BCUT2D eigenvalue weighted by molar-refractivity contribution is 6.02. The van der Waals surface area contributed by atoms with Crippen LogP contribution in [-0.2, 0) is 36.7 Å². The molecule has 4 rings (SSSR count). The van der Waals surface area contributed by atoms with Gasteiger partial charge in [0.2, 0.25) is 11.9 Å². The third-order valence-electron chi connectivity index (χ3n) is 7.97. The molecule has 0 unspecified atom stereocenters. The Morgan fingerprint density at radius 1 is 0.690 bits per heavy atom. The van der Waals surface area contributed by atoms with Crippen molar-refractivity contribution in [3.05, 3.63) is 120 Å². The van der Waals surface area contributed by atoms with Gasteiger partial charge in [-0.3, -0.25) is 15.4 Å². The van der Waals surface area contributed by atoms with Gasteiger partial charge in [0.1, 0.15) is 17.0 Å². The molecule has 1 atom stereocenters. The number of esters is 1. The highest BCUT2D eigenvalue weighted by Crippen LogP contribution is 2.30. The molecular weight excluding hydrogens is 741 g/mol. The van der Waals surface area contributed by atoms with Gasteiger partial charge < -0.3 is 19.5 Å². The van der Waals surface area contributed by atoms with E-state index in [1.807, 2.05) is 54.6 Å². The summed E-state index contributed by atoms with van der Waals surface area (Å²) >= 11 is 0. The Balaban J connectivity index is 0.00000291. The molecule has 0 aliphatic carbocycles. The minimum Gasteiger partial charge on any atom is -0.444 e. The Hall–Kier alpha value is -6.59. The lowest BCUT2D eigenvalue weighted by Gasteiger charge is -2.32. The van der Waals surface area contributed by atoms with Crippen LogP contribution in [0.4, 0.5) is 15.3 Å². The first-order valence-electron chi connectivity index (χ1n) is 18.6. The van der Waals surface area contributed by atoms with Crippen molar-refractivity contribution in [1.82, 2.24) is 16.0 Å². The maximum Gasteiger partial charge on any atom is 0.414 e. The van der Waals surface area contributed by atoms with Crippen molar-refractivity contribution in [2.45, 2.75) is 92.4 Å². The molecule has 0 heterocycles. The molecule has 0 bridgehead atoms. The van der Waals surface area contributed by atoms with E-state index >= 15 is 0 Å². The summed E-state index contributed by atoms with van der Waals surface area (Å²) in [5.41, 5.74) is 2.36. The van der Waals surface area contributed by atoms with Crippen LogP contribution in [0.3, 0.4) is 0 Å². The SMILES string of the molecule is CC(C)(C)OC(=O)NC(=Nc1ccc(C(=O)Oc2ccc(CC(=O)N[C@@H](Cc3ccccc3)C(C)(C)C)c(-c3ccccc3)c2)cc1)NC(=O)OC(C)(C)C.O=C=O. The molecule has 0 saturated carbocycles. The number of nitrogens with one attached hydrogen (secondary N) is 3. The molecule has 0 spiro atoms. The van der Waals surface area contributed by atoms with Gasteiger partial charge in [-0.05, 0) is 112 Å². The van der Waals surface area contributed by atoms with E-state index in [-0.39, 0.29) is 41.5 Å². The van der Waals surface area contributed by atoms with Crippen LogP contribution in [0.25, 0.3) is 11.1 Å². The van der Waals surface area contributed by atoms with E-state index in [1.54, 1.807) is 53.7 Å². The smallest absolute Gasteiger partial charge is 0.414 e. The number of alkyl carbamates (subject to hydrolysis) is 2. The summed E-state index contributed by atoms with van der Waals surface area (Å²) in [4.78, 5) is 72.4. The number of rotatable bonds is 9. The van der Waals surface area contributed by atoms with Gasteiger partial charge in [0.15, 0.2) is 0 Å². The maximum atomic E-state index is 13.5. The lowest BCUT2D eigenvalue weighted by Crippen LogP contribution is -2.47. The van der Waals surface area contributed by atoms with Gasteiger partial charge in [0.05, 0.1) is 17.7 Å². The van der Waals surface area contributed by atoms with Crippen molar-refractivity contribution in [2.75, 3.05) is 0 Å². The summed E-state index contributed by atoms with van der Waals surface area (Å²) in [6.07, 6.45) is -0.575. The van der Waals surface area contributed by atoms with Crippen molar-refractivity contribution >= 4 is 41.9 Å². The van der Waals surface area contributed by atoms with Crippen LogP contribution in [0.5, 0.6) is 5.75 Å². The van der Waals surface area contributed by atoms with Gasteiger partial charge in [0, 0.05) is 6.04 Å². The lowest BCUT2D eigenvalue weighted by molar-refractivity contribution is -0.191. The van der Waals surface area contributed by atoms with Crippen LogP contribution in [0.1, 0.15) is 83.8 Å². The number of aliphatic imine (C=N–C) groups is 1. The summed E-state index contributed by atoms with van der Waals surface area (Å²) in [6.45, 7) is 16.6. The van der Waals surface area contributed by atoms with Crippen LogP contribution < -0.4 is 20.7 Å². The Bertz CT molecular complexity index is 2040. The van der Waals surface area contributed by atoms with E-state index in [0.717, 1.165) is 22.3 Å². The third kappa shape index (κ3) is 16.3. The normalized spacial score (nSPS) is 11.6. The molecule has 306 valence electrons. The molecule has 13 nitrogen and oxygen atoms in total. The van der Waals surface area contributed by atoms with E-state index in [0.29, 0.717) is 17.9 Å². The number of hydrogen-bond donors (Lipinski definition) is 3. The largest absolute Gasteiger partial charge is 0.444 e. The molecule has 4 aromatic rings. The molecule has 3 N–H and O–H groups in total. The van der Waals surface area contributed by atoms with E-state index in [2.05, 4.69) is 53.8 Å². The van der Waals surface area contributed by atoms with Gasteiger partial charge in [-0.2, -0.15) is 9.59 Å². The van der Waals surface area contributed by atoms with E-state index in [1.165, 1.54) is 24.3 Å². The standard InChI is InChI=1S/C44H52N4O7.CO2/c1-42(2,3)36(26-29-16-12-10-13-17-29)46-37(49)27-32-22-25-34(28-35(32)30-18-14-11-15-19-30)53-38(50)31-20-23-33(24-21-31)45-39(47-40(51)54-43(4,5)6)48-41(52)55-44(7,8)9;2-1-3/h10-25,28,36H,26-27H2,1-9H3,(H,46,49)(H2,45,47,48,51,52);/t36-;/m0./s1. The molecule has 4 aromatic carbocycles. The zero-order valence-electron chi connectivity index (χ0n) is 34.4. The number of nitrogens with zero attached hydrogens (tertiary/aromatic N) is 1. The fourth-order valence-electron chi connectivity index (χ4n) is 5.36. The fourth-order valence-corrected chi connectivity index (χ4v) is 5.36. The molecule has 13 heteroatoms. The minimum atomic E-state index is -0.832. The van der Waals surface area contributed by atoms with Gasteiger partial charge in [-0.1, -0.05) is 87.5 Å². The molecule has 0 radical (unpaired) electrons. The highest BCUT2D eigenvalue weighted by Gasteiger charge is 2.27. The van der Waals surface area contributed by atoms with Gasteiger partial charge in [-0.25, -0.2) is 19.4 Å². The van der Waals surface area contributed by atoms with Gasteiger partial charge in [0.25, 0.3) is 0 Å². The van der Waals surface area contributed by atoms with Crippen LogP contribution in [-0.4, -0.2) is 53.4 Å². The predicted molar refractivity (Wildman–Crippen MR) is 219 cm³/mol. The number of guanidine groups is 1. The number of ether oxygens (including phenoxy) is 3. The summed E-state index contributed by atoms with van der Waals surface area (Å²) in [5.74, 6) is -0.650. The fraction of sp³-hybridized carbons (Fsp3) is 0.333. The predicted octanol–water partition coefficient (Wildman–Crippen LogP) is 8.34. The van der Waals surface area contributed by atoms with Crippen molar-refractivity contribution in [2.24, 2.45) is 10.4 Å². The second-order valence-corrected chi connectivity index (χ2v) is 16.3. The highest BCUT2D eigenvalue weighted by atomic mass is 16.6. The summed E-state index contributed by atoms with van der Waals surface area (Å²) in [6, 6.07) is 31.0. The second-order valence-electron chi connectivity index (χ2n) is 16.3. The lowest BCUT2D eigenvalue weighted by atomic mass is 9.83. The first-order chi connectivity index (χ1) is 27.2. The van der Waals surface area contributed by atoms with Crippen molar-refractivity contribution in [3.63, 3.8) is 0 Å². The number of amides is 3. The molecule has 3 amide bonds. The van der Waals surface area contributed by atoms with Crippen LogP contribution in [0, 0.1) is 5.41 Å². The second kappa shape index (κ2) is 20.5. The Labute approximate surface area is 339 Å². The molecule has 0 aliphatic heterocycles. The monoisotopic (exact) mass is 792 g/mol. The van der Waals surface area contributed by atoms with Crippen LogP contribution >= 0.6 is 0 Å². The first-order valence-corrected chi connectivity index (χ1v) is 18.6. The average Bonchev–Trinajstić information content (AvgIpc) is 3.11. The van der Waals surface area contributed by atoms with Gasteiger partial charge >= 0.3 is 24.3 Å². The zero-order chi connectivity index (χ0) is 43.1. The van der Waals surface area contributed by atoms with Crippen LogP contribution in [0.15, 0.2) is 108 Å². The molecule has 0 fully saturated rings. The Morgan fingerprint density at radius 3 is 1.71 bits per heavy atom. The molecule has 0 saturated heterocycles. The zero-order valence-corrected chi connectivity index (χ0v) is 34.4. The quantitative estimate of drug-likeness (QED) is 0.0650. The number of carbonyl (C=O) groups is 4. The minimum absolute atomic E-state index is 0.0889. The Morgan fingerprint density at radius 2 is 1.21 bits per heavy atom. The molecule has 0 aromatic heterocycles. The van der Waals surface area contributed by atoms with E-state index in [4.69, 9.17) is 23.8 Å². The van der Waals surface area contributed by atoms with Crippen molar-refractivity contribution in [3.8, 4) is 16.9 Å².